The number of carbonyl (C=O) groups is 1. The van der Waals surface area contributed by atoms with Crippen LogP contribution in [0.3, 0.4) is 0 Å². The Morgan fingerprint density at radius 1 is 1.48 bits per heavy atom. The van der Waals surface area contributed by atoms with Gasteiger partial charge in [-0.05, 0) is 25.1 Å². The van der Waals surface area contributed by atoms with Gasteiger partial charge < -0.3 is 10.2 Å². The number of rotatable bonds is 6. The average Bonchev–Trinajstić information content (AvgIpc) is 2.98. The van der Waals surface area contributed by atoms with Crippen molar-refractivity contribution in [3.63, 3.8) is 0 Å². The van der Waals surface area contributed by atoms with Crippen molar-refractivity contribution in [1.82, 2.24) is 15.4 Å². The number of nitrogens with one attached hydrogen (secondary N) is 2. The van der Waals surface area contributed by atoms with Crippen LogP contribution in [0, 0.1) is 0 Å². The molecular weight excluding hydrogens is 266 g/mol. The standard InChI is InChI=1S/C15H21N5O/c1-4-20(10-11(2)15-9-16-19-18-15)14-7-5-6-13(8-14)17-12(3)21/h5-9,11H,4,10H2,1-3H3,(H,17,21)(H,16,18,19). The SMILES string of the molecule is CCN(CC(C)c1c[nH]nn1)c1cccc(NC(C)=O)c1. The molecule has 0 aliphatic heterocycles. The highest BCUT2D eigenvalue weighted by molar-refractivity contribution is 5.89. The number of carbonyl (C=O) groups excluding carboxylic acids is 1. The fourth-order valence-corrected chi connectivity index (χ4v) is 2.28. The number of aromatic nitrogens is 3. The largest absolute Gasteiger partial charge is 0.371 e. The lowest BCUT2D eigenvalue weighted by atomic mass is 10.1. The maximum absolute atomic E-state index is 11.2. The van der Waals surface area contributed by atoms with E-state index >= 15 is 0 Å². The van der Waals surface area contributed by atoms with Crippen LogP contribution in [0.5, 0.6) is 0 Å². The van der Waals surface area contributed by atoms with E-state index in [2.05, 4.69) is 39.5 Å². The third kappa shape index (κ3) is 4.05. The van der Waals surface area contributed by atoms with Crippen LogP contribution in [0.25, 0.3) is 0 Å². The summed E-state index contributed by atoms with van der Waals surface area (Å²) in [4.78, 5) is 13.4. The minimum atomic E-state index is -0.0637. The summed E-state index contributed by atoms with van der Waals surface area (Å²) in [6.07, 6.45) is 1.83. The van der Waals surface area contributed by atoms with Crippen molar-refractivity contribution in [1.29, 1.82) is 0 Å². The summed E-state index contributed by atoms with van der Waals surface area (Å²) in [5, 5.41) is 13.4. The highest BCUT2D eigenvalue weighted by Crippen LogP contribution is 2.22. The number of anilines is 2. The Labute approximate surface area is 124 Å². The summed E-state index contributed by atoms with van der Waals surface area (Å²) in [7, 11) is 0. The smallest absolute Gasteiger partial charge is 0.221 e. The van der Waals surface area contributed by atoms with E-state index in [1.54, 1.807) is 0 Å². The average molecular weight is 287 g/mol. The first kappa shape index (κ1) is 15.0. The van der Waals surface area contributed by atoms with Gasteiger partial charge in [-0.25, -0.2) is 0 Å². The fourth-order valence-electron chi connectivity index (χ4n) is 2.28. The van der Waals surface area contributed by atoms with Crippen LogP contribution < -0.4 is 10.2 Å². The predicted octanol–water partition coefficient (Wildman–Crippen LogP) is 2.39. The van der Waals surface area contributed by atoms with Gasteiger partial charge in [0, 0.05) is 43.5 Å². The van der Waals surface area contributed by atoms with Gasteiger partial charge in [0.1, 0.15) is 0 Å². The van der Waals surface area contributed by atoms with Crippen LogP contribution in [0.2, 0.25) is 0 Å². The zero-order chi connectivity index (χ0) is 15.2. The van der Waals surface area contributed by atoms with Crippen molar-refractivity contribution in [2.45, 2.75) is 26.7 Å². The Morgan fingerprint density at radius 2 is 2.29 bits per heavy atom. The minimum Gasteiger partial charge on any atom is -0.371 e. The van der Waals surface area contributed by atoms with Crippen LogP contribution >= 0.6 is 0 Å². The molecule has 0 saturated heterocycles. The van der Waals surface area contributed by atoms with E-state index in [-0.39, 0.29) is 11.8 Å². The van der Waals surface area contributed by atoms with Gasteiger partial charge in [0.25, 0.3) is 0 Å². The number of likely N-dealkylation sites (N-methyl/N-ethyl adjacent to an activating group) is 1. The lowest BCUT2D eigenvalue weighted by molar-refractivity contribution is -0.114. The summed E-state index contributed by atoms with van der Waals surface area (Å²) in [5.41, 5.74) is 2.85. The van der Waals surface area contributed by atoms with Gasteiger partial charge >= 0.3 is 0 Å². The van der Waals surface area contributed by atoms with Crippen molar-refractivity contribution >= 4 is 17.3 Å². The van der Waals surface area contributed by atoms with Crippen molar-refractivity contribution in [2.75, 3.05) is 23.3 Å². The van der Waals surface area contributed by atoms with Crippen molar-refractivity contribution < 1.29 is 4.79 Å². The highest BCUT2D eigenvalue weighted by atomic mass is 16.1. The summed E-state index contributed by atoms with van der Waals surface area (Å²) in [5.74, 6) is 0.208. The Hall–Kier alpha value is -2.37. The van der Waals surface area contributed by atoms with Gasteiger partial charge in [-0.2, -0.15) is 0 Å². The molecule has 1 unspecified atom stereocenters. The van der Waals surface area contributed by atoms with E-state index in [4.69, 9.17) is 0 Å². The molecule has 21 heavy (non-hydrogen) atoms. The maximum Gasteiger partial charge on any atom is 0.221 e. The second kappa shape index (κ2) is 6.88. The van der Waals surface area contributed by atoms with E-state index in [1.807, 2.05) is 30.5 Å². The molecule has 2 aromatic rings. The summed E-state index contributed by atoms with van der Waals surface area (Å²) < 4.78 is 0. The van der Waals surface area contributed by atoms with Gasteiger partial charge in [0.2, 0.25) is 5.91 Å². The first-order valence-electron chi connectivity index (χ1n) is 7.09. The number of aromatic amines is 1. The lowest BCUT2D eigenvalue weighted by Gasteiger charge is -2.26. The molecule has 1 amide bonds. The molecule has 112 valence electrons. The van der Waals surface area contributed by atoms with E-state index in [1.165, 1.54) is 6.92 Å². The molecule has 1 aromatic carbocycles. The molecule has 0 spiro atoms. The second-order valence-corrected chi connectivity index (χ2v) is 5.07. The van der Waals surface area contributed by atoms with Gasteiger partial charge in [-0.3, -0.25) is 9.89 Å². The van der Waals surface area contributed by atoms with Crippen molar-refractivity contribution in [3.8, 4) is 0 Å². The third-order valence-electron chi connectivity index (χ3n) is 3.35. The van der Waals surface area contributed by atoms with Crippen molar-refractivity contribution in [2.24, 2.45) is 0 Å². The monoisotopic (exact) mass is 287 g/mol. The second-order valence-electron chi connectivity index (χ2n) is 5.07. The van der Waals surface area contributed by atoms with Crippen LogP contribution in [-0.2, 0) is 4.79 Å². The number of H-pyrrole nitrogens is 1. The Kier molecular flexibility index (Phi) is 4.92. The molecule has 0 aliphatic rings. The van der Waals surface area contributed by atoms with Crippen LogP contribution in [0.4, 0.5) is 11.4 Å². The van der Waals surface area contributed by atoms with E-state index in [0.717, 1.165) is 30.2 Å². The molecule has 6 nitrogen and oxygen atoms in total. The first-order valence-corrected chi connectivity index (χ1v) is 7.09. The van der Waals surface area contributed by atoms with Crippen LogP contribution in [-0.4, -0.2) is 34.4 Å². The van der Waals surface area contributed by atoms with Crippen molar-refractivity contribution in [3.05, 3.63) is 36.2 Å². The zero-order valence-corrected chi connectivity index (χ0v) is 12.6. The van der Waals surface area contributed by atoms with Gasteiger partial charge in [-0.1, -0.05) is 18.2 Å². The molecule has 2 rings (SSSR count). The summed E-state index contributed by atoms with van der Waals surface area (Å²) >= 11 is 0. The Morgan fingerprint density at radius 3 is 2.90 bits per heavy atom. The molecular formula is C15H21N5O. The molecule has 0 aliphatic carbocycles. The van der Waals surface area contributed by atoms with Gasteiger partial charge in [0.05, 0.1) is 5.69 Å². The number of hydrogen-bond donors (Lipinski definition) is 2. The third-order valence-corrected chi connectivity index (χ3v) is 3.35. The normalized spacial score (nSPS) is 12.0. The zero-order valence-electron chi connectivity index (χ0n) is 12.6. The topological polar surface area (TPSA) is 73.9 Å². The Bertz CT molecular complexity index is 582. The summed E-state index contributed by atoms with van der Waals surface area (Å²) in [6.45, 7) is 7.47. The molecule has 1 aromatic heterocycles. The van der Waals surface area contributed by atoms with Gasteiger partial charge in [-0.15, -0.1) is 5.10 Å². The van der Waals surface area contributed by atoms with E-state index < -0.39 is 0 Å². The minimum absolute atomic E-state index is 0.0637. The predicted molar refractivity (Wildman–Crippen MR) is 83.4 cm³/mol. The quantitative estimate of drug-likeness (QED) is 0.855. The number of hydrogen-bond acceptors (Lipinski definition) is 4. The summed E-state index contributed by atoms with van der Waals surface area (Å²) in [6, 6.07) is 7.87. The molecule has 1 atom stereocenters. The number of amides is 1. The molecule has 0 saturated carbocycles. The van der Waals surface area contributed by atoms with E-state index in [0.29, 0.717) is 0 Å². The molecule has 0 bridgehead atoms. The maximum atomic E-state index is 11.2. The van der Waals surface area contributed by atoms with Gasteiger partial charge in [0.15, 0.2) is 0 Å². The number of nitrogens with zero attached hydrogens (tertiary/aromatic N) is 3. The van der Waals surface area contributed by atoms with Crippen LogP contribution in [0.15, 0.2) is 30.5 Å². The highest BCUT2D eigenvalue weighted by Gasteiger charge is 2.14. The Balaban J connectivity index is 2.11. The fraction of sp³-hybridized carbons (Fsp3) is 0.400. The first-order chi connectivity index (χ1) is 10.1. The van der Waals surface area contributed by atoms with E-state index in [9.17, 15) is 4.79 Å². The molecule has 1 heterocycles. The molecule has 0 radical (unpaired) electrons. The molecule has 0 fully saturated rings. The number of benzene rings is 1. The molecule has 2 N–H and O–H groups in total. The van der Waals surface area contributed by atoms with Crippen LogP contribution in [0.1, 0.15) is 32.4 Å². The lowest BCUT2D eigenvalue weighted by Crippen LogP contribution is -2.27. The molecule has 6 heteroatoms.